The molecule has 0 aliphatic heterocycles. The van der Waals surface area contributed by atoms with Gasteiger partial charge in [-0.2, -0.15) is 0 Å². The molecule has 1 aromatic heterocycles. The van der Waals surface area contributed by atoms with E-state index in [2.05, 4.69) is 15.3 Å². The van der Waals surface area contributed by atoms with Gasteiger partial charge in [-0.15, -0.1) is 0 Å². The molecule has 0 aliphatic rings. The van der Waals surface area contributed by atoms with Crippen LogP contribution in [0.25, 0.3) is 0 Å². The summed E-state index contributed by atoms with van der Waals surface area (Å²) in [6.07, 6.45) is 2.51. The monoisotopic (exact) mass is 339 g/mol. The summed E-state index contributed by atoms with van der Waals surface area (Å²) >= 11 is 0. The summed E-state index contributed by atoms with van der Waals surface area (Å²) in [6, 6.07) is 15.7. The molecule has 0 bridgehead atoms. The lowest BCUT2D eigenvalue weighted by molar-refractivity contribution is -0.130. The van der Waals surface area contributed by atoms with Crippen molar-refractivity contribution in [1.82, 2.24) is 15.2 Å². The third kappa shape index (κ3) is 6.63. The highest BCUT2D eigenvalue weighted by Gasteiger charge is 2.11. The number of carbonyl (C=O) groups excluding carboxylic acids is 1. The van der Waals surface area contributed by atoms with Crippen LogP contribution in [-0.2, 0) is 17.8 Å². The molecule has 0 aliphatic carbocycles. The van der Waals surface area contributed by atoms with Gasteiger partial charge in [0.15, 0.2) is 5.96 Å². The number of rotatable bonds is 8. The van der Waals surface area contributed by atoms with E-state index in [0.29, 0.717) is 19.6 Å². The number of aromatic nitrogens is 1. The van der Waals surface area contributed by atoms with Gasteiger partial charge in [-0.05, 0) is 24.6 Å². The Hall–Kier alpha value is -2.89. The number of hydrogen-bond donors (Lipinski definition) is 2. The van der Waals surface area contributed by atoms with Crippen LogP contribution < -0.4 is 11.1 Å². The van der Waals surface area contributed by atoms with Gasteiger partial charge in [0.25, 0.3) is 0 Å². The molecule has 0 atom stereocenters. The van der Waals surface area contributed by atoms with E-state index in [1.54, 1.807) is 11.1 Å². The Morgan fingerprint density at radius 1 is 1.20 bits per heavy atom. The van der Waals surface area contributed by atoms with E-state index < -0.39 is 0 Å². The van der Waals surface area contributed by atoms with Gasteiger partial charge in [-0.3, -0.25) is 9.78 Å². The average molecular weight is 339 g/mol. The molecule has 0 unspecified atom stereocenters. The van der Waals surface area contributed by atoms with E-state index in [1.807, 2.05) is 55.5 Å². The first-order chi connectivity index (χ1) is 12.2. The molecule has 25 heavy (non-hydrogen) atoms. The summed E-state index contributed by atoms with van der Waals surface area (Å²) in [4.78, 5) is 22.4. The number of hydrogen-bond acceptors (Lipinski definition) is 3. The molecule has 3 N–H and O–H groups in total. The normalized spacial score (nSPS) is 11.2. The van der Waals surface area contributed by atoms with Crippen molar-refractivity contribution in [3.63, 3.8) is 0 Å². The van der Waals surface area contributed by atoms with Crippen LogP contribution in [0.5, 0.6) is 0 Å². The molecule has 2 aromatic rings. The van der Waals surface area contributed by atoms with Gasteiger partial charge in [0, 0.05) is 37.9 Å². The van der Waals surface area contributed by atoms with E-state index in [9.17, 15) is 4.79 Å². The minimum Gasteiger partial charge on any atom is -0.370 e. The fraction of sp³-hybridized carbons (Fsp3) is 0.316. The van der Waals surface area contributed by atoms with Crippen LogP contribution in [0.15, 0.2) is 59.7 Å². The number of aliphatic imine (C=N–C) groups is 1. The molecule has 0 saturated carbocycles. The largest absolute Gasteiger partial charge is 0.370 e. The number of carbonyl (C=O) groups is 1. The van der Waals surface area contributed by atoms with Crippen molar-refractivity contribution in [3.8, 4) is 0 Å². The zero-order chi connectivity index (χ0) is 17.9. The number of amides is 1. The maximum absolute atomic E-state index is 12.3. The van der Waals surface area contributed by atoms with Gasteiger partial charge >= 0.3 is 0 Å². The number of guanidine groups is 1. The van der Waals surface area contributed by atoms with Crippen LogP contribution >= 0.6 is 0 Å². The molecule has 6 heteroatoms. The average Bonchev–Trinajstić information content (AvgIpc) is 2.66. The van der Waals surface area contributed by atoms with E-state index >= 15 is 0 Å². The molecular weight excluding hydrogens is 314 g/mol. The van der Waals surface area contributed by atoms with Gasteiger partial charge in [0.2, 0.25) is 5.91 Å². The predicted molar refractivity (Wildman–Crippen MR) is 100.0 cm³/mol. The predicted octanol–water partition coefficient (Wildman–Crippen LogP) is 1.58. The van der Waals surface area contributed by atoms with Gasteiger partial charge in [0.05, 0.1) is 0 Å². The Kier molecular flexibility index (Phi) is 7.43. The van der Waals surface area contributed by atoms with Crippen molar-refractivity contribution >= 4 is 11.9 Å². The lowest BCUT2D eigenvalue weighted by atomic mass is 10.2. The Labute approximate surface area is 148 Å². The fourth-order valence-corrected chi connectivity index (χ4v) is 2.35. The van der Waals surface area contributed by atoms with Crippen LogP contribution in [0.4, 0.5) is 0 Å². The molecule has 132 valence electrons. The number of nitrogens with two attached hydrogens (primary N) is 1. The second kappa shape index (κ2) is 10.1. The third-order valence-corrected chi connectivity index (χ3v) is 3.75. The molecular formula is C19H25N5O. The summed E-state index contributed by atoms with van der Waals surface area (Å²) in [6.45, 7) is 3.85. The first kappa shape index (κ1) is 18.4. The highest BCUT2D eigenvalue weighted by Crippen LogP contribution is 2.04. The van der Waals surface area contributed by atoms with Gasteiger partial charge in [0.1, 0.15) is 6.54 Å². The van der Waals surface area contributed by atoms with Crippen LogP contribution in [0.1, 0.15) is 18.2 Å². The van der Waals surface area contributed by atoms with Gasteiger partial charge < -0.3 is 16.0 Å². The van der Waals surface area contributed by atoms with Crippen molar-refractivity contribution in [2.75, 3.05) is 19.6 Å². The van der Waals surface area contributed by atoms with Crippen molar-refractivity contribution in [2.24, 2.45) is 10.7 Å². The molecule has 0 radical (unpaired) electrons. The maximum Gasteiger partial charge on any atom is 0.244 e. The number of pyridine rings is 1. The summed E-state index contributed by atoms with van der Waals surface area (Å²) in [5, 5.41) is 3.01. The molecule has 2 rings (SSSR count). The lowest BCUT2D eigenvalue weighted by Crippen LogP contribution is -2.36. The standard InChI is InChI=1S/C19H25N5O/c1-2-24(15-16-8-4-3-5-9-16)18(25)14-23-19(20)22-13-11-17-10-6-7-12-21-17/h3-10,12H,2,11,13-15H2,1H3,(H3,20,22,23). The number of nitrogens with one attached hydrogen (secondary N) is 1. The van der Waals surface area contributed by atoms with Gasteiger partial charge in [-0.1, -0.05) is 36.4 Å². The summed E-state index contributed by atoms with van der Waals surface area (Å²) in [5.74, 6) is 0.237. The summed E-state index contributed by atoms with van der Waals surface area (Å²) < 4.78 is 0. The molecule has 1 amide bonds. The third-order valence-electron chi connectivity index (χ3n) is 3.75. The first-order valence-electron chi connectivity index (χ1n) is 8.44. The van der Waals surface area contributed by atoms with E-state index in [1.165, 1.54) is 0 Å². The maximum atomic E-state index is 12.3. The number of benzene rings is 1. The molecule has 0 saturated heterocycles. The Morgan fingerprint density at radius 2 is 1.96 bits per heavy atom. The zero-order valence-corrected chi connectivity index (χ0v) is 14.6. The number of likely N-dealkylation sites (N-methyl/N-ethyl adjacent to an activating group) is 1. The Balaban J connectivity index is 1.77. The van der Waals surface area contributed by atoms with E-state index in [4.69, 9.17) is 5.73 Å². The number of nitrogens with zero attached hydrogens (tertiary/aromatic N) is 3. The summed E-state index contributed by atoms with van der Waals surface area (Å²) in [5.41, 5.74) is 7.91. The fourth-order valence-electron chi connectivity index (χ4n) is 2.35. The second-order valence-electron chi connectivity index (χ2n) is 5.59. The quantitative estimate of drug-likeness (QED) is 0.565. The minimum atomic E-state index is -0.0409. The van der Waals surface area contributed by atoms with Crippen LogP contribution in [0.2, 0.25) is 0 Å². The van der Waals surface area contributed by atoms with E-state index in [0.717, 1.165) is 17.7 Å². The first-order valence-corrected chi connectivity index (χ1v) is 8.44. The highest BCUT2D eigenvalue weighted by molar-refractivity contribution is 5.84. The molecule has 1 aromatic carbocycles. The van der Waals surface area contributed by atoms with Crippen molar-refractivity contribution in [3.05, 3.63) is 66.0 Å². The lowest BCUT2D eigenvalue weighted by Gasteiger charge is -2.20. The minimum absolute atomic E-state index is 0.0409. The molecule has 6 nitrogen and oxygen atoms in total. The molecule has 0 fully saturated rings. The second-order valence-corrected chi connectivity index (χ2v) is 5.59. The van der Waals surface area contributed by atoms with Crippen LogP contribution in [0, 0.1) is 0 Å². The SMILES string of the molecule is CCN(Cc1ccccc1)C(=O)CN=C(N)NCCc1ccccn1. The highest BCUT2D eigenvalue weighted by atomic mass is 16.2. The molecule has 0 spiro atoms. The van der Waals surface area contributed by atoms with E-state index in [-0.39, 0.29) is 18.4 Å². The van der Waals surface area contributed by atoms with Crippen molar-refractivity contribution in [2.45, 2.75) is 19.9 Å². The smallest absolute Gasteiger partial charge is 0.244 e. The topological polar surface area (TPSA) is 83.6 Å². The van der Waals surface area contributed by atoms with Crippen molar-refractivity contribution in [1.29, 1.82) is 0 Å². The van der Waals surface area contributed by atoms with Gasteiger partial charge in [-0.25, -0.2) is 4.99 Å². The zero-order valence-electron chi connectivity index (χ0n) is 14.6. The molecule has 1 heterocycles. The van der Waals surface area contributed by atoms with Crippen LogP contribution in [-0.4, -0.2) is 41.4 Å². The van der Waals surface area contributed by atoms with Crippen LogP contribution in [0.3, 0.4) is 0 Å². The Morgan fingerprint density at radius 3 is 2.64 bits per heavy atom. The summed E-state index contributed by atoms with van der Waals surface area (Å²) in [7, 11) is 0. The Bertz CT molecular complexity index is 673. The van der Waals surface area contributed by atoms with Crippen molar-refractivity contribution < 1.29 is 4.79 Å².